The normalized spacial score (nSPS) is 13.4. The quantitative estimate of drug-likeness (QED) is 0.387. The van der Waals surface area contributed by atoms with Crippen LogP contribution in [0.4, 0.5) is 14.7 Å². The van der Waals surface area contributed by atoms with Crippen molar-refractivity contribution in [3.05, 3.63) is 77.1 Å². The van der Waals surface area contributed by atoms with Gasteiger partial charge in [-0.25, -0.2) is 27.2 Å². The molecule has 0 amide bonds. The highest BCUT2D eigenvalue weighted by Crippen LogP contribution is 2.30. The summed E-state index contributed by atoms with van der Waals surface area (Å²) in [7, 11) is -4.15. The first-order valence-electron chi connectivity index (χ1n) is 10.4. The summed E-state index contributed by atoms with van der Waals surface area (Å²) in [5.74, 6) is -2.62. The van der Waals surface area contributed by atoms with Crippen molar-refractivity contribution in [2.45, 2.75) is 31.9 Å². The molecule has 3 heterocycles. The van der Waals surface area contributed by atoms with Crippen molar-refractivity contribution >= 4 is 27.6 Å². The third kappa shape index (κ3) is 4.98. The number of nitrogens with one attached hydrogen (secondary N) is 1. The minimum Gasteiger partial charge on any atom is -0.264 e. The van der Waals surface area contributed by atoms with Gasteiger partial charge in [-0.2, -0.15) is 0 Å². The maximum absolute atomic E-state index is 14.8. The van der Waals surface area contributed by atoms with Crippen molar-refractivity contribution in [3.8, 4) is 17.1 Å². The van der Waals surface area contributed by atoms with Gasteiger partial charge in [-0.1, -0.05) is 24.6 Å². The van der Waals surface area contributed by atoms with Crippen LogP contribution in [-0.2, 0) is 10.0 Å². The summed E-state index contributed by atoms with van der Waals surface area (Å²) < 4.78 is 59.4. The molecule has 0 saturated carbocycles. The fourth-order valence-electron chi connectivity index (χ4n) is 3.39. The van der Waals surface area contributed by atoms with E-state index in [4.69, 9.17) is 11.6 Å². The van der Waals surface area contributed by atoms with Crippen LogP contribution >= 0.6 is 11.6 Å². The predicted molar refractivity (Wildman–Crippen MR) is 127 cm³/mol. The van der Waals surface area contributed by atoms with Gasteiger partial charge in [0.25, 0.3) is 0 Å². The van der Waals surface area contributed by atoms with Crippen molar-refractivity contribution in [1.29, 1.82) is 0 Å². The Morgan fingerprint density at radius 3 is 2.31 bits per heavy atom. The maximum atomic E-state index is 14.8. The summed E-state index contributed by atoms with van der Waals surface area (Å²) in [5, 5.41) is 7.18. The summed E-state index contributed by atoms with van der Waals surface area (Å²) in [6, 6.07) is 4.99. The summed E-state index contributed by atoms with van der Waals surface area (Å²) in [4.78, 5) is 12.3. The first-order chi connectivity index (χ1) is 16.6. The van der Waals surface area contributed by atoms with Gasteiger partial charge in [-0.3, -0.25) is 14.3 Å². The van der Waals surface area contributed by atoms with Gasteiger partial charge in [-0.05, 0) is 37.6 Å². The molecule has 0 aliphatic rings. The lowest BCUT2D eigenvalue weighted by Crippen LogP contribution is -2.31. The van der Waals surface area contributed by atoms with E-state index in [0.717, 1.165) is 22.3 Å². The predicted octanol–water partition coefficient (Wildman–Crippen LogP) is 4.29. The number of rotatable bonds is 7. The van der Waals surface area contributed by atoms with E-state index in [1.165, 1.54) is 31.6 Å². The molecule has 0 spiro atoms. The smallest absolute Gasteiger partial charge is 0.243 e. The Morgan fingerprint density at radius 1 is 1.03 bits per heavy atom. The average Bonchev–Trinajstić information content (AvgIpc) is 3.21. The number of halogens is 3. The molecule has 9 nitrogen and oxygen atoms in total. The minimum atomic E-state index is -4.15. The molecule has 35 heavy (non-hydrogen) atoms. The lowest BCUT2D eigenvalue weighted by atomic mass is 10.1. The van der Waals surface area contributed by atoms with Crippen LogP contribution in [-0.4, -0.2) is 43.4 Å². The Labute approximate surface area is 205 Å². The third-order valence-electron chi connectivity index (χ3n) is 5.43. The van der Waals surface area contributed by atoms with E-state index in [-0.39, 0.29) is 17.6 Å². The molecule has 13 heteroatoms. The van der Waals surface area contributed by atoms with Gasteiger partial charge in [0.2, 0.25) is 16.0 Å². The molecule has 3 aromatic heterocycles. The Kier molecular flexibility index (Phi) is 6.77. The molecule has 182 valence electrons. The molecule has 0 fully saturated rings. The van der Waals surface area contributed by atoms with E-state index in [9.17, 15) is 17.2 Å². The first kappa shape index (κ1) is 24.6. The molecule has 0 radical (unpaired) electrons. The zero-order chi connectivity index (χ0) is 25.3. The molecule has 0 aliphatic heterocycles. The molecule has 2 atom stereocenters. The van der Waals surface area contributed by atoms with Crippen LogP contribution < -0.4 is 4.72 Å². The Bertz CT molecular complexity index is 1460. The zero-order valence-corrected chi connectivity index (χ0v) is 20.4. The first-order valence-corrected chi connectivity index (χ1v) is 12.3. The van der Waals surface area contributed by atoms with E-state index in [2.05, 4.69) is 29.9 Å². The van der Waals surface area contributed by atoms with Crippen LogP contribution in [0.5, 0.6) is 0 Å². The van der Waals surface area contributed by atoms with Gasteiger partial charge in [0.05, 0.1) is 10.3 Å². The molecule has 4 rings (SSSR count). The zero-order valence-electron chi connectivity index (χ0n) is 18.8. The molecule has 4 aromatic rings. The summed E-state index contributed by atoms with van der Waals surface area (Å²) in [6.07, 6.45) is 5.77. The van der Waals surface area contributed by atoms with Crippen molar-refractivity contribution in [2.75, 3.05) is 4.72 Å². The van der Waals surface area contributed by atoms with E-state index in [1.807, 2.05) is 0 Å². The van der Waals surface area contributed by atoms with E-state index in [1.54, 1.807) is 26.1 Å². The summed E-state index contributed by atoms with van der Waals surface area (Å²) in [5.41, 5.74) is 0.619. The molecule has 1 aromatic carbocycles. The van der Waals surface area contributed by atoms with E-state index < -0.39 is 38.5 Å². The van der Waals surface area contributed by atoms with Crippen molar-refractivity contribution < 1.29 is 17.2 Å². The number of anilines is 1. The Balaban J connectivity index is 1.79. The van der Waals surface area contributed by atoms with Crippen LogP contribution in [0, 0.1) is 18.6 Å². The molecule has 0 saturated heterocycles. The van der Waals surface area contributed by atoms with Crippen molar-refractivity contribution in [2.24, 2.45) is 0 Å². The Hall–Kier alpha value is -3.51. The topological polar surface area (TPSA) is 116 Å². The second kappa shape index (κ2) is 9.62. The molecular formula is C22H20ClF2N7O2S. The third-order valence-corrected chi connectivity index (χ3v) is 7.48. The molecule has 0 aliphatic carbocycles. The largest absolute Gasteiger partial charge is 0.264 e. The Morgan fingerprint density at radius 2 is 1.69 bits per heavy atom. The minimum absolute atomic E-state index is 0.00429. The fourth-order valence-corrected chi connectivity index (χ4v) is 4.71. The standard InChI is InChI=1S/C22H20ClF2N7O2S/c1-12-7-15(9-26-8-12)21-29-30-22(32(21)19-17(24)5-4-6-18(19)25)31-35(33,34)14(3)13(2)20-27-10-16(23)11-28-20/h4-11,13-14H,1-3H3,(H,30,31)/t13-,14-/m0/s1. The number of nitrogens with zero attached hydrogens (tertiary/aromatic N) is 6. The van der Waals surface area contributed by atoms with Crippen LogP contribution in [0.2, 0.25) is 5.02 Å². The average molecular weight is 520 g/mol. The van der Waals surface area contributed by atoms with Gasteiger partial charge in [0.1, 0.15) is 23.1 Å². The number of hydrogen-bond acceptors (Lipinski definition) is 7. The van der Waals surface area contributed by atoms with Crippen LogP contribution in [0.1, 0.15) is 31.2 Å². The van der Waals surface area contributed by atoms with E-state index in [0.29, 0.717) is 10.6 Å². The lowest BCUT2D eigenvalue weighted by molar-refractivity contribution is 0.564. The van der Waals surface area contributed by atoms with Gasteiger partial charge < -0.3 is 0 Å². The van der Waals surface area contributed by atoms with Gasteiger partial charge in [0.15, 0.2) is 5.82 Å². The van der Waals surface area contributed by atoms with Crippen LogP contribution in [0.3, 0.4) is 0 Å². The number of sulfonamides is 1. The lowest BCUT2D eigenvalue weighted by Gasteiger charge is -2.20. The second-order valence-electron chi connectivity index (χ2n) is 7.90. The summed E-state index contributed by atoms with van der Waals surface area (Å²) >= 11 is 5.82. The number of para-hydroxylation sites is 1. The maximum Gasteiger partial charge on any atom is 0.243 e. The van der Waals surface area contributed by atoms with Crippen molar-refractivity contribution in [1.82, 2.24) is 29.7 Å². The van der Waals surface area contributed by atoms with Gasteiger partial charge >= 0.3 is 0 Å². The molecule has 0 bridgehead atoms. The number of benzene rings is 1. The summed E-state index contributed by atoms with van der Waals surface area (Å²) in [6.45, 7) is 4.88. The van der Waals surface area contributed by atoms with Gasteiger partial charge in [-0.15, -0.1) is 10.2 Å². The van der Waals surface area contributed by atoms with Crippen molar-refractivity contribution in [3.63, 3.8) is 0 Å². The SMILES string of the molecule is Cc1cncc(-c2nnc(NS(=O)(=O)[C@@H](C)[C@H](C)c3ncc(Cl)cn3)n2-c2c(F)cccc2F)c1. The van der Waals surface area contributed by atoms with E-state index >= 15 is 0 Å². The number of aryl methyl sites for hydroxylation is 1. The highest BCUT2D eigenvalue weighted by atomic mass is 35.5. The molecular weight excluding hydrogens is 500 g/mol. The van der Waals surface area contributed by atoms with Gasteiger partial charge in [0, 0.05) is 36.3 Å². The number of pyridine rings is 1. The highest BCUT2D eigenvalue weighted by molar-refractivity contribution is 7.93. The molecule has 1 N–H and O–H groups in total. The highest BCUT2D eigenvalue weighted by Gasteiger charge is 2.32. The fraction of sp³-hybridized carbons (Fsp3) is 0.227. The second-order valence-corrected chi connectivity index (χ2v) is 10.4. The number of hydrogen-bond donors (Lipinski definition) is 1. The van der Waals surface area contributed by atoms with Crippen LogP contribution in [0.15, 0.2) is 49.1 Å². The monoisotopic (exact) mass is 519 g/mol. The number of aromatic nitrogens is 6. The van der Waals surface area contributed by atoms with Crippen LogP contribution in [0.25, 0.3) is 17.1 Å². The molecule has 0 unspecified atom stereocenters.